The highest BCUT2D eigenvalue weighted by atomic mass is 16.6. The van der Waals surface area contributed by atoms with Crippen molar-refractivity contribution in [1.82, 2.24) is 14.3 Å². The zero-order valence-corrected chi connectivity index (χ0v) is 9.26. The molecule has 1 aromatic heterocycles. The van der Waals surface area contributed by atoms with Crippen LogP contribution in [0.15, 0.2) is 4.79 Å². The highest BCUT2D eigenvalue weighted by Crippen LogP contribution is 2.13. The fourth-order valence-corrected chi connectivity index (χ4v) is 1.79. The van der Waals surface area contributed by atoms with Gasteiger partial charge in [0.05, 0.1) is 32.4 Å². The Labute approximate surface area is 92.8 Å². The van der Waals surface area contributed by atoms with Crippen molar-refractivity contribution >= 4 is 0 Å². The first-order chi connectivity index (χ1) is 7.78. The number of hydrogen-bond acceptors (Lipinski definition) is 4. The predicted molar refractivity (Wildman–Crippen MR) is 55.3 cm³/mol. The highest BCUT2D eigenvalue weighted by Gasteiger charge is 2.28. The minimum atomic E-state index is -0.0390. The molecule has 0 amide bonds. The lowest BCUT2D eigenvalue weighted by Crippen LogP contribution is -2.28. The van der Waals surface area contributed by atoms with Gasteiger partial charge in [0.15, 0.2) is 0 Å². The number of ether oxygens (including phenoxy) is 2. The molecule has 2 unspecified atom stereocenters. The molecule has 0 aromatic carbocycles. The van der Waals surface area contributed by atoms with Crippen molar-refractivity contribution in [2.75, 3.05) is 13.2 Å². The summed E-state index contributed by atoms with van der Waals surface area (Å²) in [4.78, 5) is 12.0. The van der Waals surface area contributed by atoms with Crippen molar-refractivity contribution in [2.24, 2.45) is 0 Å². The molecule has 2 saturated heterocycles. The minimum Gasteiger partial charge on any atom is -0.371 e. The third-order valence-electron chi connectivity index (χ3n) is 2.88. The first-order valence-electron chi connectivity index (χ1n) is 5.67. The van der Waals surface area contributed by atoms with Crippen LogP contribution in [0.2, 0.25) is 0 Å². The van der Waals surface area contributed by atoms with Crippen LogP contribution in [-0.4, -0.2) is 39.8 Å². The largest absolute Gasteiger partial charge is 0.371 e. The molecule has 0 saturated carbocycles. The summed E-state index contributed by atoms with van der Waals surface area (Å²) < 4.78 is 13.5. The summed E-state index contributed by atoms with van der Waals surface area (Å²) in [5, 5.41) is 4.32. The van der Waals surface area contributed by atoms with E-state index in [0.29, 0.717) is 13.1 Å². The maximum absolute atomic E-state index is 12.0. The van der Waals surface area contributed by atoms with Crippen molar-refractivity contribution in [2.45, 2.75) is 38.6 Å². The number of aromatic nitrogens is 3. The van der Waals surface area contributed by atoms with Crippen LogP contribution >= 0.6 is 0 Å². The second-order valence-corrected chi connectivity index (χ2v) is 4.26. The molecule has 88 valence electrons. The summed E-state index contributed by atoms with van der Waals surface area (Å²) in [6.07, 6.45) is 1.15. The topological polar surface area (TPSA) is 64.9 Å². The van der Waals surface area contributed by atoms with Gasteiger partial charge in [-0.25, -0.2) is 9.48 Å². The quantitative estimate of drug-likeness (QED) is 0.628. The van der Waals surface area contributed by atoms with Crippen molar-refractivity contribution in [1.29, 1.82) is 0 Å². The predicted octanol–water partition coefficient (Wildman–Crippen LogP) is -0.595. The molecule has 2 fully saturated rings. The molecule has 3 rings (SSSR count). The van der Waals surface area contributed by atoms with Crippen molar-refractivity contribution < 1.29 is 9.47 Å². The lowest BCUT2D eigenvalue weighted by Gasteiger charge is -1.99. The molecular weight excluding hydrogens is 210 g/mol. The molecule has 3 heterocycles. The monoisotopic (exact) mass is 225 g/mol. The highest BCUT2D eigenvalue weighted by molar-refractivity contribution is 4.90. The Morgan fingerprint density at radius 3 is 2.50 bits per heavy atom. The first-order valence-corrected chi connectivity index (χ1v) is 5.67. The minimum absolute atomic E-state index is 0.0390. The van der Waals surface area contributed by atoms with Gasteiger partial charge in [0, 0.05) is 6.42 Å². The number of rotatable bonds is 5. The molecule has 0 N–H and O–H groups in total. The van der Waals surface area contributed by atoms with E-state index in [1.54, 1.807) is 4.57 Å². The average Bonchev–Trinajstić information content (AvgIpc) is 3.14. The van der Waals surface area contributed by atoms with Gasteiger partial charge in [-0.3, -0.25) is 4.57 Å². The smallest absolute Gasteiger partial charge is 0.346 e. The molecule has 16 heavy (non-hydrogen) atoms. The molecule has 0 aliphatic carbocycles. The summed E-state index contributed by atoms with van der Waals surface area (Å²) in [6.45, 7) is 4.71. The lowest BCUT2D eigenvalue weighted by atomic mass is 10.4. The van der Waals surface area contributed by atoms with Gasteiger partial charge in [-0.05, 0) is 0 Å². The maximum atomic E-state index is 12.0. The molecular formula is C10H15N3O3. The molecule has 1 aromatic rings. The summed E-state index contributed by atoms with van der Waals surface area (Å²) >= 11 is 0. The fraction of sp³-hybridized carbons (Fsp3) is 0.800. The Morgan fingerprint density at radius 2 is 1.94 bits per heavy atom. The Morgan fingerprint density at radius 1 is 1.31 bits per heavy atom. The Hall–Kier alpha value is -1.14. The Bertz CT molecular complexity index is 443. The molecule has 0 radical (unpaired) electrons. The normalized spacial score (nSPS) is 27.1. The van der Waals surface area contributed by atoms with E-state index in [1.165, 1.54) is 4.68 Å². The second kappa shape index (κ2) is 3.71. The van der Waals surface area contributed by atoms with Gasteiger partial charge in [-0.1, -0.05) is 6.92 Å². The van der Waals surface area contributed by atoms with Crippen LogP contribution in [0.3, 0.4) is 0 Å². The summed E-state index contributed by atoms with van der Waals surface area (Å²) in [5.41, 5.74) is -0.0390. The van der Waals surface area contributed by atoms with E-state index in [-0.39, 0.29) is 17.9 Å². The zero-order chi connectivity index (χ0) is 11.1. The van der Waals surface area contributed by atoms with Gasteiger partial charge < -0.3 is 9.47 Å². The van der Waals surface area contributed by atoms with Gasteiger partial charge in [0.2, 0.25) is 0 Å². The summed E-state index contributed by atoms with van der Waals surface area (Å²) in [5.74, 6) is 0.834. The standard InChI is InChI=1S/C10H15N3O3/c1-2-9-11-13(4-8-6-16-8)10(14)12(9)3-7-5-15-7/h7-8H,2-6H2,1H3. The molecule has 6 nitrogen and oxygen atoms in total. The van der Waals surface area contributed by atoms with Crippen LogP contribution in [0.5, 0.6) is 0 Å². The molecule has 0 bridgehead atoms. The Balaban J connectivity index is 1.86. The number of epoxide rings is 2. The zero-order valence-electron chi connectivity index (χ0n) is 9.26. The third kappa shape index (κ3) is 1.90. The maximum Gasteiger partial charge on any atom is 0.346 e. The van der Waals surface area contributed by atoms with E-state index in [2.05, 4.69) is 5.10 Å². The molecule has 2 aliphatic rings. The van der Waals surface area contributed by atoms with Gasteiger partial charge in [-0.15, -0.1) is 0 Å². The van der Waals surface area contributed by atoms with E-state index in [1.807, 2.05) is 6.92 Å². The van der Waals surface area contributed by atoms with E-state index in [9.17, 15) is 4.79 Å². The molecule has 6 heteroatoms. The van der Waals surface area contributed by atoms with Gasteiger partial charge in [0.1, 0.15) is 11.9 Å². The van der Waals surface area contributed by atoms with Gasteiger partial charge in [-0.2, -0.15) is 5.10 Å². The SMILES string of the molecule is CCc1nn(CC2CO2)c(=O)n1CC1CO1. The molecule has 2 aliphatic heterocycles. The second-order valence-electron chi connectivity index (χ2n) is 4.26. The van der Waals surface area contributed by atoms with E-state index in [0.717, 1.165) is 25.5 Å². The van der Waals surface area contributed by atoms with Crippen LogP contribution in [0, 0.1) is 0 Å². The Kier molecular flexibility index (Phi) is 2.33. The van der Waals surface area contributed by atoms with E-state index in [4.69, 9.17) is 9.47 Å². The van der Waals surface area contributed by atoms with Gasteiger partial charge in [0.25, 0.3) is 0 Å². The third-order valence-corrected chi connectivity index (χ3v) is 2.88. The van der Waals surface area contributed by atoms with E-state index >= 15 is 0 Å². The van der Waals surface area contributed by atoms with Crippen molar-refractivity contribution in [3.63, 3.8) is 0 Å². The summed E-state index contributed by atoms with van der Waals surface area (Å²) in [7, 11) is 0. The van der Waals surface area contributed by atoms with Crippen LogP contribution < -0.4 is 5.69 Å². The summed E-state index contributed by atoms with van der Waals surface area (Å²) in [6, 6.07) is 0. The molecule has 0 spiro atoms. The van der Waals surface area contributed by atoms with Crippen LogP contribution in [0.4, 0.5) is 0 Å². The average molecular weight is 225 g/mol. The fourth-order valence-electron chi connectivity index (χ4n) is 1.79. The number of nitrogens with zero attached hydrogens (tertiary/aromatic N) is 3. The van der Waals surface area contributed by atoms with Crippen molar-refractivity contribution in [3.8, 4) is 0 Å². The van der Waals surface area contributed by atoms with Crippen LogP contribution in [0.25, 0.3) is 0 Å². The van der Waals surface area contributed by atoms with E-state index < -0.39 is 0 Å². The number of aryl methyl sites for hydroxylation is 1. The van der Waals surface area contributed by atoms with Crippen LogP contribution in [0.1, 0.15) is 12.7 Å². The first kappa shape index (κ1) is 10.0. The molecule has 2 atom stereocenters. The van der Waals surface area contributed by atoms with Gasteiger partial charge >= 0.3 is 5.69 Å². The number of hydrogen-bond donors (Lipinski definition) is 0. The lowest BCUT2D eigenvalue weighted by molar-refractivity contribution is 0.364. The van der Waals surface area contributed by atoms with Crippen LogP contribution in [-0.2, 0) is 29.0 Å². The van der Waals surface area contributed by atoms with Crippen molar-refractivity contribution in [3.05, 3.63) is 16.3 Å².